The smallest absolute Gasteiger partial charge is 0.303 e. The van der Waals surface area contributed by atoms with Crippen LogP contribution in [-0.2, 0) is 9.53 Å². The van der Waals surface area contributed by atoms with Gasteiger partial charge in [0.15, 0.2) is 0 Å². The van der Waals surface area contributed by atoms with E-state index in [-0.39, 0.29) is 31.0 Å². The summed E-state index contributed by atoms with van der Waals surface area (Å²) in [4.78, 5) is 10.6. The van der Waals surface area contributed by atoms with Crippen LogP contribution in [-0.4, -0.2) is 52.8 Å². The molecular weight excluding hydrogens is 384 g/mol. The first kappa shape index (κ1) is 22.5. The van der Waals surface area contributed by atoms with Crippen LogP contribution < -0.4 is 4.74 Å². The minimum atomic E-state index is -0.754. The molecular formula is C24H32O6. The molecule has 164 valence electrons. The number of hydrogen-bond donors (Lipinski definition) is 3. The Labute approximate surface area is 177 Å². The van der Waals surface area contributed by atoms with Crippen molar-refractivity contribution in [1.82, 2.24) is 0 Å². The number of benzene rings is 1. The van der Waals surface area contributed by atoms with Crippen molar-refractivity contribution >= 4 is 5.97 Å². The second-order valence-electron chi connectivity index (χ2n) is 8.17. The molecule has 0 aromatic heterocycles. The lowest BCUT2D eigenvalue weighted by Gasteiger charge is -2.20. The summed E-state index contributed by atoms with van der Waals surface area (Å²) in [5.74, 6) is 0.0682. The number of allylic oxidation sites excluding steroid dienone is 1. The van der Waals surface area contributed by atoms with Gasteiger partial charge in [-0.3, -0.25) is 4.79 Å². The number of aliphatic carboxylic acids is 1. The van der Waals surface area contributed by atoms with Crippen molar-refractivity contribution in [1.29, 1.82) is 0 Å². The van der Waals surface area contributed by atoms with Gasteiger partial charge in [-0.2, -0.15) is 0 Å². The lowest BCUT2D eigenvalue weighted by Crippen LogP contribution is -2.22. The Balaban J connectivity index is 1.50. The summed E-state index contributed by atoms with van der Waals surface area (Å²) >= 11 is 0. The molecule has 3 N–H and O–H groups in total. The predicted octanol–water partition coefficient (Wildman–Crippen LogP) is 3.34. The number of ether oxygens (including phenoxy) is 2. The molecule has 1 aliphatic heterocycles. The zero-order valence-electron chi connectivity index (χ0n) is 17.2. The summed E-state index contributed by atoms with van der Waals surface area (Å²) < 4.78 is 11.6. The van der Waals surface area contributed by atoms with Crippen LogP contribution >= 0.6 is 0 Å². The highest BCUT2D eigenvalue weighted by Crippen LogP contribution is 2.40. The minimum absolute atomic E-state index is 0.000121. The van der Waals surface area contributed by atoms with Crippen LogP contribution in [0.15, 0.2) is 54.1 Å². The van der Waals surface area contributed by atoms with Gasteiger partial charge in [0.1, 0.15) is 18.5 Å². The number of unbranched alkanes of at least 4 members (excludes halogenated alkanes) is 1. The standard InChI is InChI=1S/C24H32O6/c25-18(16-29-19-7-2-1-3-8-19)11-13-20-21-12-10-17(6-4-5-9-24(27)28)15-30-23(21)14-22(20)26/h1-3,7-8,10-11,13,18,20-23,25-26H,4-6,9,12,14-16H2,(H,27,28)/t18-,20-,21-,22-,23+/m1/s1. The van der Waals surface area contributed by atoms with Gasteiger partial charge in [-0.05, 0) is 49.3 Å². The lowest BCUT2D eigenvalue weighted by molar-refractivity contribution is -0.137. The molecule has 2 aliphatic rings. The van der Waals surface area contributed by atoms with Crippen LogP contribution in [0.3, 0.4) is 0 Å². The third kappa shape index (κ3) is 6.69. The van der Waals surface area contributed by atoms with E-state index < -0.39 is 18.2 Å². The number of fused-ring (bicyclic) bond motifs is 1. The Hall–Kier alpha value is -2.15. The first-order chi connectivity index (χ1) is 14.5. The number of hydrogen-bond acceptors (Lipinski definition) is 5. The Bertz CT molecular complexity index is 728. The predicted molar refractivity (Wildman–Crippen MR) is 113 cm³/mol. The summed E-state index contributed by atoms with van der Waals surface area (Å²) in [6.45, 7) is 0.708. The normalized spacial score (nSPS) is 27.3. The average Bonchev–Trinajstić information content (AvgIpc) is 2.90. The minimum Gasteiger partial charge on any atom is -0.491 e. The van der Waals surface area contributed by atoms with Crippen LogP contribution in [0.2, 0.25) is 0 Å². The zero-order chi connectivity index (χ0) is 21.3. The van der Waals surface area contributed by atoms with Gasteiger partial charge in [-0.25, -0.2) is 0 Å². The van der Waals surface area contributed by atoms with E-state index in [4.69, 9.17) is 14.6 Å². The van der Waals surface area contributed by atoms with Gasteiger partial charge in [-0.1, -0.05) is 36.4 Å². The SMILES string of the molecule is O=C(O)CCCCC1=CC[C@@H]2[C@@H](C=C[C@@H](O)COc3ccccc3)[C@H](O)C[C@@H]2OC1. The molecule has 0 amide bonds. The quantitative estimate of drug-likeness (QED) is 0.400. The van der Waals surface area contributed by atoms with E-state index in [1.165, 1.54) is 5.57 Å². The van der Waals surface area contributed by atoms with E-state index in [1.54, 1.807) is 6.08 Å². The van der Waals surface area contributed by atoms with Crippen molar-refractivity contribution in [2.45, 2.75) is 56.8 Å². The molecule has 1 heterocycles. The molecule has 1 fully saturated rings. The Kier molecular flexibility index (Phi) is 8.49. The van der Waals surface area contributed by atoms with Gasteiger partial charge >= 0.3 is 5.97 Å². The second kappa shape index (κ2) is 11.3. The summed E-state index contributed by atoms with van der Waals surface area (Å²) in [5, 5.41) is 29.5. The van der Waals surface area contributed by atoms with Crippen molar-refractivity contribution < 1.29 is 29.6 Å². The molecule has 0 bridgehead atoms. The number of rotatable bonds is 10. The summed E-state index contributed by atoms with van der Waals surface area (Å²) in [7, 11) is 0. The maximum Gasteiger partial charge on any atom is 0.303 e. The van der Waals surface area contributed by atoms with Crippen molar-refractivity contribution in [2.24, 2.45) is 11.8 Å². The highest BCUT2D eigenvalue weighted by Gasteiger charge is 2.42. The Morgan fingerprint density at radius 3 is 2.83 bits per heavy atom. The van der Waals surface area contributed by atoms with E-state index >= 15 is 0 Å². The van der Waals surface area contributed by atoms with Crippen molar-refractivity contribution in [3.63, 3.8) is 0 Å². The molecule has 3 rings (SSSR count). The van der Waals surface area contributed by atoms with E-state index in [0.29, 0.717) is 25.2 Å². The van der Waals surface area contributed by atoms with Gasteiger partial charge in [0.25, 0.3) is 0 Å². The molecule has 1 saturated carbocycles. The largest absolute Gasteiger partial charge is 0.491 e. The molecule has 0 saturated heterocycles. The van der Waals surface area contributed by atoms with Gasteiger partial charge in [0.2, 0.25) is 0 Å². The fourth-order valence-electron chi connectivity index (χ4n) is 4.26. The van der Waals surface area contributed by atoms with Crippen LogP contribution in [0, 0.1) is 11.8 Å². The summed E-state index contributed by atoms with van der Waals surface area (Å²) in [5.41, 5.74) is 1.21. The van der Waals surface area contributed by atoms with E-state index in [9.17, 15) is 15.0 Å². The van der Waals surface area contributed by atoms with E-state index in [1.807, 2.05) is 36.4 Å². The third-order valence-corrected chi connectivity index (χ3v) is 5.91. The number of aliphatic hydroxyl groups excluding tert-OH is 2. The number of para-hydroxylation sites is 1. The van der Waals surface area contributed by atoms with Crippen LogP contribution in [0.4, 0.5) is 0 Å². The molecule has 0 spiro atoms. The molecule has 30 heavy (non-hydrogen) atoms. The maximum absolute atomic E-state index is 10.6. The third-order valence-electron chi connectivity index (χ3n) is 5.91. The monoisotopic (exact) mass is 416 g/mol. The highest BCUT2D eigenvalue weighted by atomic mass is 16.5. The molecule has 6 heteroatoms. The topological polar surface area (TPSA) is 96.2 Å². The van der Waals surface area contributed by atoms with Crippen molar-refractivity contribution in [3.05, 3.63) is 54.1 Å². The summed E-state index contributed by atoms with van der Waals surface area (Å²) in [6.07, 6.45) is 8.57. The molecule has 1 aromatic rings. The highest BCUT2D eigenvalue weighted by molar-refractivity contribution is 5.66. The van der Waals surface area contributed by atoms with Crippen LogP contribution in [0.1, 0.15) is 38.5 Å². The zero-order valence-corrected chi connectivity index (χ0v) is 17.2. The molecule has 5 atom stereocenters. The molecule has 0 radical (unpaired) electrons. The van der Waals surface area contributed by atoms with Crippen molar-refractivity contribution in [2.75, 3.05) is 13.2 Å². The number of carboxylic acids is 1. The van der Waals surface area contributed by atoms with Crippen molar-refractivity contribution in [3.8, 4) is 5.75 Å². The number of carbonyl (C=O) groups is 1. The fourth-order valence-corrected chi connectivity index (χ4v) is 4.26. The Morgan fingerprint density at radius 2 is 2.07 bits per heavy atom. The van der Waals surface area contributed by atoms with Crippen LogP contribution in [0.5, 0.6) is 5.75 Å². The molecule has 1 aromatic carbocycles. The molecule has 1 aliphatic carbocycles. The Morgan fingerprint density at radius 1 is 1.27 bits per heavy atom. The fraction of sp³-hybridized carbons (Fsp3) is 0.542. The van der Waals surface area contributed by atoms with Gasteiger partial charge in [-0.15, -0.1) is 0 Å². The van der Waals surface area contributed by atoms with Gasteiger partial charge < -0.3 is 24.8 Å². The first-order valence-corrected chi connectivity index (χ1v) is 10.8. The molecule has 0 unspecified atom stereocenters. The number of aliphatic hydroxyl groups is 2. The second-order valence-corrected chi connectivity index (χ2v) is 8.17. The van der Waals surface area contributed by atoms with Gasteiger partial charge in [0.05, 0.1) is 18.8 Å². The van der Waals surface area contributed by atoms with E-state index in [0.717, 1.165) is 19.3 Å². The maximum atomic E-state index is 10.6. The van der Waals surface area contributed by atoms with Gasteiger partial charge in [0, 0.05) is 18.8 Å². The number of carboxylic acid groups (broad SMARTS) is 1. The molecule has 6 nitrogen and oxygen atoms in total. The van der Waals surface area contributed by atoms with E-state index in [2.05, 4.69) is 6.08 Å². The lowest BCUT2D eigenvalue weighted by atomic mass is 9.89. The first-order valence-electron chi connectivity index (χ1n) is 10.8. The van der Waals surface area contributed by atoms with Crippen LogP contribution in [0.25, 0.3) is 0 Å². The summed E-state index contributed by atoms with van der Waals surface area (Å²) in [6, 6.07) is 9.36. The average molecular weight is 417 g/mol.